The second-order valence-corrected chi connectivity index (χ2v) is 7.90. The van der Waals surface area contributed by atoms with Crippen LogP contribution in [0.4, 0.5) is 0 Å². The second-order valence-electron chi connectivity index (χ2n) is 7.05. The normalized spacial score (nSPS) is 11.1. The molecule has 0 radical (unpaired) electrons. The molecule has 3 aromatic carbocycles. The Kier molecular flexibility index (Phi) is 7.32. The maximum absolute atomic E-state index is 12.2. The van der Waals surface area contributed by atoms with Crippen molar-refractivity contribution < 1.29 is 14.3 Å². The van der Waals surface area contributed by atoms with E-state index in [0.717, 1.165) is 16.3 Å². The highest BCUT2D eigenvalue weighted by Crippen LogP contribution is 2.36. The molecular weight excluding hydrogens is 456 g/mol. The number of hydrogen-bond donors (Lipinski definition) is 0. The first-order valence-corrected chi connectivity index (χ1v) is 10.6. The van der Waals surface area contributed by atoms with Gasteiger partial charge in [-0.3, -0.25) is 4.79 Å². The van der Waals surface area contributed by atoms with Crippen LogP contribution in [-0.4, -0.2) is 31.5 Å². The monoisotopic (exact) mass is 478 g/mol. The molecule has 0 saturated heterocycles. The van der Waals surface area contributed by atoms with Gasteiger partial charge in [0.1, 0.15) is 18.2 Å². The zero-order chi connectivity index (χ0) is 22.4. The predicted octanol–water partition coefficient (Wildman–Crippen LogP) is 5.58. The summed E-state index contributed by atoms with van der Waals surface area (Å²) in [6, 6.07) is 19.8. The van der Waals surface area contributed by atoms with Gasteiger partial charge in [0, 0.05) is 18.6 Å². The summed E-state index contributed by atoms with van der Waals surface area (Å²) in [4.78, 5) is 13.6. The van der Waals surface area contributed by atoms with Gasteiger partial charge in [-0.25, -0.2) is 0 Å². The third-order valence-electron chi connectivity index (χ3n) is 4.68. The van der Waals surface area contributed by atoms with E-state index in [1.165, 1.54) is 4.90 Å². The van der Waals surface area contributed by atoms with Gasteiger partial charge in [-0.05, 0) is 47.0 Å². The summed E-state index contributed by atoms with van der Waals surface area (Å²) in [5.74, 6) is 0.770. The number of fused-ring (bicyclic) bond motifs is 1. The number of nitriles is 1. The number of rotatable bonds is 7. The number of hydrogen-bond acceptors (Lipinski definition) is 4. The Morgan fingerprint density at radius 2 is 1.81 bits per heavy atom. The number of likely N-dealkylation sites (N-methyl/N-ethyl adjacent to an activating group) is 1. The molecular formula is C25H23BrN2O3. The van der Waals surface area contributed by atoms with Gasteiger partial charge in [0.2, 0.25) is 0 Å². The average molecular weight is 479 g/mol. The van der Waals surface area contributed by atoms with Crippen LogP contribution in [0.5, 0.6) is 11.5 Å². The van der Waals surface area contributed by atoms with Crippen molar-refractivity contribution in [1.29, 1.82) is 5.26 Å². The van der Waals surface area contributed by atoms with E-state index in [1.807, 2.05) is 37.3 Å². The van der Waals surface area contributed by atoms with Gasteiger partial charge in [-0.2, -0.15) is 5.26 Å². The number of nitrogens with zero attached hydrogens (tertiary/aromatic N) is 2. The van der Waals surface area contributed by atoms with Crippen LogP contribution in [0.3, 0.4) is 0 Å². The average Bonchev–Trinajstić information content (AvgIpc) is 2.77. The van der Waals surface area contributed by atoms with Gasteiger partial charge in [0.05, 0.1) is 6.61 Å². The van der Waals surface area contributed by atoms with Gasteiger partial charge in [-0.15, -0.1) is 0 Å². The van der Waals surface area contributed by atoms with E-state index in [1.54, 1.807) is 32.3 Å². The first kappa shape index (κ1) is 22.4. The van der Waals surface area contributed by atoms with Crippen molar-refractivity contribution >= 4 is 38.7 Å². The lowest BCUT2D eigenvalue weighted by Gasteiger charge is -2.15. The van der Waals surface area contributed by atoms with Gasteiger partial charge >= 0.3 is 0 Å². The SMILES string of the molecule is CCOc1cc(/C=C(/C#N)C(=O)N(C)C)c(Br)cc1OCc1cccc2ccccc12. The highest BCUT2D eigenvalue weighted by molar-refractivity contribution is 9.10. The quantitative estimate of drug-likeness (QED) is 0.328. The fourth-order valence-corrected chi connectivity index (χ4v) is 3.59. The number of benzene rings is 3. The summed E-state index contributed by atoms with van der Waals surface area (Å²) >= 11 is 3.53. The Morgan fingerprint density at radius 3 is 2.52 bits per heavy atom. The standard InChI is InChI=1S/C25H23BrN2O3/c1-4-30-23-13-19(12-20(15-27)25(29)28(2)3)22(26)14-24(23)31-16-18-10-7-9-17-8-5-6-11-21(17)18/h5-14H,4,16H2,1-3H3/b20-12-. The topological polar surface area (TPSA) is 62.6 Å². The number of carbonyl (C=O) groups excluding carboxylic acids is 1. The molecule has 0 bridgehead atoms. The molecule has 0 heterocycles. The largest absolute Gasteiger partial charge is 0.490 e. The Morgan fingerprint density at radius 1 is 1.10 bits per heavy atom. The fraction of sp³-hybridized carbons (Fsp3) is 0.200. The van der Waals surface area contributed by atoms with E-state index < -0.39 is 0 Å². The Labute approximate surface area is 190 Å². The highest BCUT2D eigenvalue weighted by Gasteiger charge is 2.15. The molecule has 6 heteroatoms. The van der Waals surface area contributed by atoms with Crippen LogP contribution in [0.1, 0.15) is 18.1 Å². The molecule has 0 aromatic heterocycles. The summed E-state index contributed by atoms with van der Waals surface area (Å²) in [6.45, 7) is 2.73. The van der Waals surface area contributed by atoms with Crippen molar-refractivity contribution in [3.63, 3.8) is 0 Å². The Balaban J connectivity index is 1.93. The third kappa shape index (κ3) is 5.25. The van der Waals surface area contributed by atoms with Crippen molar-refractivity contribution in [1.82, 2.24) is 4.90 Å². The summed E-state index contributed by atoms with van der Waals surface area (Å²) in [7, 11) is 3.22. The maximum Gasteiger partial charge on any atom is 0.264 e. The molecule has 0 atom stereocenters. The van der Waals surface area contributed by atoms with Crippen molar-refractivity contribution in [2.45, 2.75) is 13.5 Å². The molecule has 0 unspecified atom stereocenters. The molecule has 0 saturated carbocycles. The molecule has 3 rings (SSSR count). The molecule has 5 nitrogen and oxygen atoms in total. The minimum Gasteiger partial charge on any atom is -0.490 e. The Hall–Kier alpha value is -3.30. The van der Waals surface area contributed by atoms with Crippen molar-refractivity contribution in [2.75, 3.05) is 20.7 Å². The molecule has 0 fully saturated rings. The summed E-state index contributed by atoms with van der Waals surface area (Å²) in [5.41, 5.74) is 1.77. The van der Waals surface area contributed by atoms with Crippen LogP contribution >= 0.6 is 15.9 Å². The van der Waals surface area contributed by atoms with Crippen molar-refractivity contribution in [3.05, 3.63) is 75.8 Å². The van der Waals surface area contributed by atoms with Crippen molar-refractivity contribution in [3.8, 4) is 17.6 Å². The van der Waals surface area contributed by atoms with Crippen LogP contribution in [0.25, 0.3) is 16.8 Å². The van der Waals surface area contributed by atoms with Gasteiger partial charge in [0.25, 0.3) is 5.91 Å². The minimum atomic E-state index is -0.358. The summed E-state index contributed by atoms with van der Waals surface area (Å²) < 4.78 is 12.6. The number of halogens is 1. The van der Waals surface area contributed by atoms with Gasteiger partial charge in [-0.1, -0.05) is 58.4 Å². The molecule has 0 spiro atoms. The number of amides is 1. The zero-order valence-electron chi connectivity index (χ0n) is 17.7. The predicted molar refractivity (Wildman–Crippen MR) is 126 cm³/mol. The molecule has 3 aromatic rings. The molecule has 0 aliphatic rings. The summed E-state index contributed by atoms with van der Waals surface area (Å²) in [6.07, 6.45) is 1.55. The first-order valence-electron chi connectivity index (χ1n) is 9.83. The molecule has 31 heavy (non-hydrogen) atoms. The smallest absolute Gasteiger partial charge is 0.264 e. The summed E-state index contributed by atoms with van der Waals surface area (Å²) in [5, 5.41) is 11.7. The number of ether oxygens (including phenoxy) is 2. The van der Waals surface area contributed by atoms with Gasteiger partial charge in [0.15, 0.2) is 11.5 Å². The second kappa shape index (κ2) is 10.1. The van der Waals surface area contributed by atoms with Crippen LogP contribution in [0.2, 0.25) is 0 Å². The van der Waals surface area contributed by atoms with Crippen LogP contribution in [0.15, 0.2) is 64.6 Å². The highest BCUT2D eigenvalue weighted by atomic mass is 79.9. The number of carbonyl (C=O) groups is 1. The lowest BCUT2D eigenvalue weighted by atomic mass is 10.1. The van der Waals surface area contributed by atoms with E-state index >= 15 is 0 Å². The van der Waals surface area contributed by atoms with E-state index in [2.05, 4.69) is 34.1 Å². The maximum atomic E-state index is 12.2. The lowest BCUT2D eigenvalue weighted by molar-refractivity contribution is -0.124. The molecule has 158 valence electrons. The van der Waals surface area contributed by atoms with E-state index in [4.69, 9.17) is 9.47 Å². The molecule has 0 aliphatic heterocycles. The van der Waals surface area contributed by atoms with E-state index in [0.29, 0.717) is 34.7 Å². The minimum absolute atomic E-state index is 0.0394. The lowest BCUT2D eigenvalue weighted by Crippen LogP contribution is -2.22. The molecule has 1 amide bonds. The Bertz CT molecular complexity index is 1170. The van der Waals surface area contributed by atoms with Gasteiger partial charge < -0.3 is 14.4 Å². The third-order valence-corrected chi connectivity index (χ3v) is 5.37. The zero-order valence-corrected chi connectivity index (χ0v) is 19.3. The first-order chi connectivity index (χ1) is 14.9. The van der Waals surface area contributed by atoms with E-state index in [-0.39, 0.29) is 11.5 Å². The van der Waals surface area contributed by atoms with Crippen molar-refractivity contribution in [2.24, 2.45) is 0 Å². The van der Waals surface area contributed by atoms with Crippen LogP contribution in [-0.2, 0) is 11.4 Å². The fourth-order valence-electron chi connectivity index (χ4n) is 3.15. The van der Waals surface area contributed by atoms with Crippen LogP contribution < -0.4 is 9.47 Å². The molecule has 0 N–H and O–H groups in total. The van der Waals surface area contributed by atoms with Crippen LogP contribution in [0, 0.1) is 11.3 Å². The molecule has 0 aliphatic carbocycles. The van der Waals surface area contributed by atoms with E-state index in [9.17, 15) is 10.1 Å².